The van der Waals surface area contributed by atoms with Crippen LogP contribution in [0.5, 0.6) is 0 Å². The van der Waals surface area contributed by atoms with Gasteiger partial charge in [-0.3, -0.25) is 9.59 Å². The van der Waals surface area contributed by atoms with Gasteiger partial charge in [-0.2, -0.15) is 0 Å². The Kier molecular flexibility index (Phi) is 3.37. The number of hydrogen-bond donors (Lipinski definition) is 1. The largest absolute Gasteiger partial charge is 0.449 e. The number of likely N-dealkylation sites (tertiary alicyclic amines) is 1. The van der Waals surface area contributed by atoms with Gasteiger partial charge in [0.2, 0.25) is 5.91 Å². The van der Waals surface area contributed by atoms with E-state index in [1.165, 1.54) is 0 Å². The molecule has 1 aromatic heterocycles. The lowest BCUT2D eigenvalue weighted by molar-refractivity contribution is -0.121. The molecule has 6 heteroatoms. The first-order valence-electron chi connectivity index (χ1n) is 6.75. The fourth-order valence-electron chi connectivity index (χ4n) is 2.73. The van der Waals surface area contributed by atoms with E-state index in [2.05, 4.69) is 0 Å². The number of nitrogens with zero attached hydrogens (tertiary/aromatic N) is 1. The summed E-state index contributed by atoms with van der Waals surface area (Å²) in [5.41, 5.74) is 6.58. The summed E-state index contributed by atoms with van der Waals surface area (Å²) in [6.45, 7) is 2.69. The van der Waals surface area contributed by atoms with Crippen LogP contribution in [-0.2, 0) is 4.79 Å². The van der Waals surface area contributed by atoms with E-state index in [0.29, 0.717) is 30.1 Å². The average Bonchev–Trinajstić information content (AvgIpc) is 3.05. The number of amides is 2. The maximum absolute atomic E-state index is 12.6. The molecule has 21 heavy (non-hydrogen) atoms. The van der Waals surface area contributed by atoms with Crippen LogP contribution in [0.3, 0.4) is 0 Å². The van der Waals surface area contributed by atoms with E-state index in [9.17, 15) is 9.59 Å². The summed E-state index contributed by atoms with van der Waals surface area (Å²) in [5.74, 6) is -0.580. The summed E-state index contributed by atoms with van der Waals surface area (Å²) < 4.78 is 5.66. The van der Waals surface area contributed by atoms with E-state index in [1.54, 1.807) is 11.0 Å². The van der Waals surface area contributed by atoms with Crippen molar-refractivity contribution < 1.29 is 14.0 Å². The Hall–Kier alpha value is -2.01. The zero-order valence-electron chi connectivity index (χ0n) is 11.6. The van der Waals surface area contributed by atoms with Crippen LogP contribution in [-0.4, -0.2) is 29.8 Å². The first kappa shape index (κ1) is 13.9. The standard InChI is InChI=1S/C15H15ClN2O3/c1-8-10-3-2-4-11(16)13(10)21-12(8)15(20)18-6-5-9(7-18)14(17)19/h2-4,9H,5-7H2,1H3,(H2,17,19). The number of rotatable bonds is 2. The van der Waals surface area contributed by atoms with Crippen LogP contribution in [0, 0.1) is 12.8 Å². The van der Waals surface area contributed by atoms with Crippen LogP contribution in [0.1, 0.15) is 22.5 Å². The molecule has 2 N–H and O–H groups in total. The number of benzene rings is 1. The van der Waals surface area contributed by atoms with E-state index in [1.807, 2.05) is 19.1 Å². The summed E-state index contributed by atoms with van der Waals surface area (Å²) in [5, 5.41) is 1.31. The van der Waals surface area contributed by atoms with Gasteiger partial charge in [-0.25, -0.2) is 0 Å². The SMILES string of the molecule is Cc1c(C(=O)N2CCC(C(N)=O)C2)oc2c(Cl)cccc12. The van der Waals surface area contributed by atoms with Gasteiger partial charge in [0.1, 0.15) is 0 Å². The van der Waals surface area contributed by atoms with Crippen molar-refractivity contribution in [2.45, 2.75) is 13.3 Å². The molecule has 2 heterocycles. The number of hydrogen-bond acceptors (Lipinski definition) is 3. The van der Waals surface area contributed by atoms with Crippen LogP contribution in [0.4, 0.5) is 0 Å². The van der Waals surface area contributed by atoms with Gasteiger partial charge >= 0.3 is 0 Å². The number of primary amides is 1. The maximum Gasteiger partial charge on any atom is 0.289 e. The second-order valence-corrected chi connectivity index (χ2v) is 5.72. The highest BCUT2D eigenvalue weighted by Crippen LogP contribution is 2.32. The Bertz CT molecular complexity index is 738. The predicted molar refractivity (Wildman–Crippen MR) is 79.2 cm³/mol. The van der Waals surface area contributed by atoms with Crippen molar-refractivity contribution in [3.8, 4) is 0 Å². The molecule has 1 fully saturated rings. The molecule has 2 amide bonds. The Morgan fingerprint density at radius 3 is 2.81 bits per heavy atom. The van der Waals surface area contributed by atoms with Crippen LogP contribution in [0.25, 0.3) is 11.0 Å². The van der Waals surface area contributed by atoms with Crippen molar-refractivity contribution in [1.82, 2.24) is 4.90 Å². The molecule has 1 aliphatic rings. The molecule has 1 aromatic carbocycles. The number of aryl methyl sites for hydroxylation is 1. The van der Waals surface area contributed by atoms with E-state index in [4.69, 9.17) is 21.8 Å². The Balaban J connectivity index is 1.94. The number of nitrogens with two attached hydrogens (primary N) is 1. The van der Waals surface area contributed by atoms with Gasteiger partial charge < -0.3 is 15.1 Å². The fraction of sp³-hybridized carbons (Fsp3) is 0.333. The van der Waals surface area contributed by atoms with Gasteiger partial charge in [-0.1, -0.05) is 23.7 Å². The number of furan rings is 1. The Morgan fingerprint density at radius 1 is 1.43 bits per heavy atom. The number of fused-ring (bicyclic) bond motifs is 1. The smallest absolute Gasteiger partial charge is 0.289 e. The summed E-state index contributed by atoms with van der Waals surface area (Å²) in [4.78, 5) is 25.4. The van der Waals surface area contributed by atoms with Crippen LogP contribution in [0.2, 0.25) is 5.02 Å². The predicted octanol–water partition coefficient (Wildman–Crippen LogP) is 2.34. The lowest BCUT2D eigenvalue weighted by atomic mass is 10.1. The fourth-order valence-corrected chi connectivity index (χ4v) is 2.95. The lowest BCUT2D eigenvalue weighted by Gasteiger charge is -2.14. The highest BCUT2D eigenvalue weighted by atomic mass is 35.5. The third kappa shape index (κ3) is 2.27. The van der Waals surface area contributed by atoms with Crippen molar-refractivity contribution in [2.24, 2.45) is 11.7 Å². The highest BCUT2D eigenvalue weighted by Gasteiger charge is 2.32. The van der Waals surface area contributed by atoms with Gasteiger partial charge in [0.05, 0.1) is 10.9 Å². The number of carbonyl (C=O) groups is 2. The zero-order chi connectivity index (χ0) is 15.1. The van der Waals surface area contributed by atoms with Crippen molar-refractivity contribution >= 4 is 34.4 Å². The minimum Gasteiger partial charge on any atom is -0.449 e. The molecule has 0 saturated carbocycles. The molecule has 1 atom stereocenters. The number of para-hydroxylation sites is 1. The average molecular weight is 307 g/mol. The van der Waals surface area contributed by atoms with Gasteiger partial charge in [0.15, 0.2) is 11.3 Å². The summed E-state index contributed by atoms with van der Waals surface area (Å²) >= 11 is 6.09. The third-order valence-corrected chi connectivity index (χ3v) is 4.29. The quantitative estimate of drug-likeness (QED) is 0.925. The van der Waals surface area contributed by atoms with Gasteiger partial charge in [0, 0.05) is 24.0 Å². The summed E-state index contributed by atoms with van der Waals surface area (Å²) in [6, 6.07) is 5.41. The van der Waals surface area contributed by atoms with Crippen LogP contribution < -0.4 is 5.73 Å². The van der Waals surface area contributed by atoms with E-state index < -0.39 is 0 Å². The number of halogens is 1. The molecule has 1 unspecified atom stereocenters. The van der Waals surface area contributed by atoms with Crippen molar-refractivity contribution in [2.75, 3.05) is 13.1 Å². The molecule has 1 aliphatic heterocycles. The third-order valence-electron chi connectivity index (χ3n) is 3.99. The topological polar surface area (TPSA) is 76.5 Å². The van der Waals surface area contributed by atoms with E-state index in [-0.39, 0.29) is 23.5 Å². The zero-order valence-corrected chi connectivity index (χ0v) is 12.3. The van der Waals surface area contributed by atoms with Crippen molar-refractivity contribution in [3.05, 3.63) is 34.5 Å². The lowest BCUT2D eigenvalue weighted by Crippen LogP contribution is -2.31. The molecular formula is C15H15ClN2O3. The normalized spacial score (nSPS) is 18.4. The Labute approximate surface area is 126 Å². The second kappa shape index (κ2) is 5.07. The molecule has 1 saturated heterocycles. The van der Waals surface area contributed by atoms with E-state index in [0.717, 1.165) is 10.9 Å². The van der Waals surface area contributed by atoms with Crippen LogP contribution in [0.15, 0.2) is 22.6 Å². The van der Waals surface area contributed by atoms with Crippen LogP contribution >= 0.6 is 11.6 Å². The first-order chi connectivity index (χ1) is 9.99. The first-order valence-corrected chi connectivity index (χ1v) is 7.13. The molecule has 0 aliphatic carbocycles. The second-order valence-electron chi connectivity index (χ2n) is 5.31. The molecule has 5 nitrogen and oxygen atoms in total. The highest BCUT2D eigenvalue weighted by molar-refractivity contribution is 6.35. The minimum atomic E-state index is -0.366. The molecular weight excluding hydrogens is 292 g/mol. The maximum atomic E-state index is 12.6. The number of carbonyl (C=O) groups excluding carboxylic acids is 2. The molecule has 0 bridgehead atoms. The van der Waals surface area contributed by atoms with E-state index >= 15 is 0 Å². The molecule has 0 spiro atoms. The van der Waals surface area contributed by atoms with Crippen molar-refractivity contribution in [3.63, 3.8) is 0 Å². The molecule has 3 rings (SSSR count). The minimum absolute atomic E-state index is 0.219. The molecule has 2 aromatic rings. The van der Waals surface area contributed by atoms with Gasteiger partial charge in [-0.05, 0) is 19.4 Å². The van der Waals surface area contributed by atoms with Crippen molar-refractivity contribution in [1.29, 1.82) is 0 Å². The van der Waals surface area contributed by atoms with Gasteiger partial charge in [0.25, 0.3) is 5.91 Å². The Morgan fingerprint density at radius 2 is 2.19 bits per heavy atom. The molecule has 110 valence electrons. The van der Waals surface area contributed by atoms with Gasteiger partial charge in [-0.15, -0.1) is 0 Å². The monoisotopic (exact) mass is 306 g/mol. The molecule has 0 radical (unpaired) electrons. The summed E-state index contributed by atoms with van der Waals surface area (Å²) in [7, 11) is 0. The summed E-state index contributed by atoms with van der Waals surface area (Å²) in [6.07, 6.45) is 0.598.